The highest BCUT2D eigenvalue weighted by Gasteiger charge is 2.61. The second kappa shape index (κ2) is 11.8. The fourth-order valence-corrected chi connectivity index (χ4v) is 10.7. The predicted octanol–water partition coefficient (Wildman–Crippen LogP) is 11.2. The molecule has 1 fully saturated rings. The molecule has 1 saturated carbocycles. The molecule has 3 nitrogen and oxygen atoms in total. The molecular weight excluding hydrogens is 653 g/mol. The van der Waals surface area contributed by atoms with Gasteiger partial charge in [0.25, 0.3) is 6.71 Å². The van der Waals surface area contributed by atoms with E-state index in [9.17, 15) is 0 Å². The highest BCUT2D eigenvalue weighted by atomic mass is 15.3. The largest absolute Gasteiger partial charge is 0.335 e. The van der Waals surface area contributed by atoms with E-state index in [-0.39, 0.29) is 17.7 Å². The Bertz CT molecular complexity index is 2570. The summed E-state index contributed by atoms with van der Waals surface area (Å²) in [6, 6.07) is 63.0. The van der Waals surface area contributed by atoms with E-state index in [1.165, 1.54) is 87.2 Å². The van der Waals surface area contributed by atoms with Gasteiger partial charge in [0, 0.05) is 50.8 Å². The normalized spacial score (nSPS) is 20.1. The van der Waals surface area contributed by atoms with Crippen molar-refractivity contribution >= 4 is 68.6 Å². The third kappa shape index (κ3) is 4.25. The molecule has 0 amide bonds. The average molecular weight is 696 g/mol. The summed E-state index contributed by atoms with van der Waals surface area (Å²) in [5, 5.41) is 0. The van der Waals surface area contributed by atoms with Crippen LogP contribution >= 0.6 is 0 Å². The van der Waals surface area contributed by atoms with E-state index in [1.54, 1.807) is 0 Å². The molecule has 0 saturated heterocycles. The summed E-state index contributed by atoms with van der Waals surface area (Å²) in [5.41, 5.74) is 18.2. The molecule has 2 unspecified atom stereocenters. The van der Waals surface area contributed by atoms with Gasteiger partial charge in [0.15, 0.2) is 0 Å². The van der Waals surface area contributed by atoms with Crippen LogP contribution in [0.5, 0.6) is 0 Å². The molecule has 0 radical (unpaired) electrons. The van der Waals surface area contributed by atoms with Gasteiger partial charge in [0.2, 0.25) is 0 Å². The lowest BCUT2D eigenvalue weighted by Crippen LogP contribution is -2.64. The van der Waals surface area contributed by atoms with Gasteiger partial charge in [0.1, 0.15) is 0 Å². The molecule has 7 aromatic carbocycles. The van der Waals surface area contributed by atoms with Crippen molar-refractivity contribution < 1.29 is 0 Å². The molecular formula is C50H42BN3. The number of para-hydroxylation sites is 4. The van der Waals surface area contributed by atoms with E-state index in [4.69, 9.17) is 0 Å². The second-order valence-electron chi connectivity index (χ2n) is 16.0. The van der Waals surface area contributed by atoms with Gasteiger partial charge in [-0.05, 0) is 102 Å². The Kier molecular flexibility index (Phi) is 6.86. The number of rotatable bonds is 5. The number of hydrogen-bond acceptors (Lipinski definition) is 3. The zero-order valence-electron chi connectivity index (χ0n) is 30.9. The van der Waals surface area contributed by atoms with E-state index < -0.39 is 0 Å². The summed E-state index contributed by atoms with van der Waals surface area (Å²) in [6.45, 7) is 5.24. The van der Waals surface area contributed by atoms with Gasteiger partial charge in [-0.3, -0.25) is 0 Å². The standard InChI is InChI=1S/C50H42BN3/c1-49-32-14-15-33-50(49,2)54-45-29-17-28-44-47(45)51(42-26-16-25-40(49)48(42)54)41-31-30-38(34-46(41)53(44)37-22-10-5-11-23-37)52(36-20-8-4-9-21-36)43-27-13-12-24-39(43)35-18-6-3-7-19-35/h3-13,16-31,34H,14-15,32-33H2,1-2H3. The first-order valence-corrected chi connectivity index (χ1v) is 19.6. The quantitative estimate of drug-likeness (QED) is 0.166. The van der Waals surface area contributed by atoms with Gasteiger partial charge in [-0.1, -0.05) is 135 Å². The summed E-state index contributed by atoms with van der Waals surface area (Å²) >= 11 is 0. The lowest BCUT2D eigenvalue weighted by Gasteiger charge is -2.52. The van der Waals surface area contributed by atoms with Crippen LogP contribution in [0, 0.1) is 0 Å². The van der Waals surface area contributed by atoms with E-state index >= 15 is 0 Å². The minimum absolute atomic E-state index is 0.0216. The van der Waals surface area contributed by atoms with E-state index in [2.05, 4.69) is 198 Å². The molecule has 1 aliphatic carbocycles. The van der Waals surface area contributed by atoms with Gasteiger partial charge >= 0.3 is 0 Å². The number of fused-ring (bicyclic) bond motifs is 7. The molecule has 2 atom stereocenters. The van der Waals surface area contributed by atoms with Crippen LogP contribution in [0.25, 0.3) is 11.1 Å². The number of nitrogens with zero attached hydrogens (tertiary/aromatic N) is 3. The third-order valence-electron chi connectivity index (χ3n) is 13.4. The molecule has 7 aromatic rings. The molecule has 0 aromatic heterocycles. The molecule has 3 heterocycles. The summed E-state index contributed by atoms with van der Waals surface area (Å²) in [6.07, 6.45) is 5.00. The Hall–Kier alpha value is -6.00. The molecule has 4 aliphatic rings. The first kappa shape index (κ1) is 31.5. The molecule has 3 aliphatic heterocycles. The zero-order chi connectivity index (χ0) is 36.0. The van der Waals surface area contributed by atoms with Crippen molar-refractivity contribution in [1.82, 2.24) is 0 Å². The summed E-state index contributed by atoms with van der Waals surface area (Å²) in [7, 11) is 0. The predicted molar refractivity (Wildman–Crippen MR) is 229 cm³/mol. The fourth-order valence-electron chi connectivity index (χ4n) is 10.7. The molecule has 54 heavy (non-hydrogen) atoms. The maximum Gasteiger partial charge on any atom is 0.252 e. The number of hydrogen-bond donors (Lipinski definition) is 0. The first-order chi connectivity index (χ1) is 26.6. The third-order valence-corrected chi connectivity index (χ3v) is 13.4. The Balaban J connectivity index is 1.18. The summed E-state index contributed by atoms with van der Waals surface area (Å²) in [4.78, 5) is 7.77. The van der Waals surface area contributed by atoms with Crippen LogP contribution < -0.4 is 31.1 Å². The van der Waals surface area contributed by atoms with Crippen molar-refractivity contribution in [1.29, 1.82) is 0 Å². The van der Waals surface area contributed by atoms with Crippen LogP contribution in [0.4, 0.5) is 45.5 Å². The van der Waals surface area contributed by atoms with Gasteiger partial charge < -0.3 is 14.7 Å². The maximum atomic E-state index is 2.80. The smallest absolute Gasteiger partial charge is 0.252 e. The van der Waals surface area contributed by atoms with Crippen molar-refractivity contribution in [3.8, 4) is 11.1 Å². The van der Waals surface area contributed by atoms with Gasteiger partial charge in [-0.25, -0.2) is 0 Å². The second-order valence-corrected chi connectivity index (χ2v) is 16.0. The van der Waals surface area contributed by atoms with Crippen molar-refractivity contribution in [2.24, 2.45) is 0 Å². The molecule has 4 heteroatoms. The monoisotopic (exact) mass is 695 g/mol. The van der Waals surface area contributed by atoms with Crippen LogP contribution in [0.3, 0.4) is 0 Å². The van der Waals surface area contributed by atoms with Crippen LogP contribution in [-0.2, 0) is 5.41 Å². The maximum absolute atomic E-state index is 2.80. The van der Waals surface area contributed by atoms with E-state index in [0.717, 1.165) is 17.1 Å². The zero-order valence-corrected chi connectivity index (χ0v) is 30.9. The lowest BCUT2D eigenvalue weighted by atomic mass is 9.33. The highest BCUT2D eigenvalue weighted by molar-refractivity contribution is 7.00. The van der Waals surface area contributed by atoms with E-state index in [1.807, 2.05) is 0 Å². The van der Waals surface area contributed by atoms with Gasteiger partial charge in [-0.15, -0.1) is 0 Å². The first-order valence-electron chi connectivity index (χ1n) is 19.6. The molecule has 0 bridgehead atoms. The SMILES string of the molecule is CC12CCCCC1(C)N1c3cccc4c3B(c3ccc(N(c5ccccc5)c5ccccc5-c5ccccc5)cc3N4c3ccccc3)c3cccc2c31. The molecule has 11 rings (SSSR count). The average Bonchev–Trinajstić information content (AvgIpc) is 3.44. The lowest BCUT2D eigenvalue weighted by molar-refractivity contribution is 0.195. The van der Waals surface area contributed by atoms with E-state index in [0.29, 0.717) is 0 Å². The fraction of sp³-hybridized carbons (Fsp3) is 0.160. The molecule has 260 valence electrons. The Morgan fingerprint density at radius 2 is 1.24 bits per heavy atom. The van der Waals surface area contributed by atoms with Crippen LogP contribution in [0.15, 0.2) is 170 Å². The minimum Gasteiger partial charge on any atom is -0.335 e. The van der Waals surface area contributed by atoms with Gasteiger partial charge in [0.05, 0.1) is 11.2 Å². The Morgan fingerprint density at radius 3 is 2.06 bits per heavy atom. The van der Waals surface area contributed by atoms with Gasteiger partial charge in [-0.2, -0.15) is 0 Å². The Labute approximate surface area is 319 Å². The van der Waals surface area contributed by atoms with Crippen LogP contribution in [-0.4, -0.2) is 12.3 Å². The van der Waals surface area contributed by atoms with Crippen LogP contribution in [0.2, 0.25) is 0 Å². The number of benzene rings is 7. The van der Waals surface area contributed by atoms with Crippen molar-refractivity contribution in [2.45, 2.75) is 50.5 Å². The molecule has 0 N–H and O–H groups in total. The summed E-state index contributed by atoms with van der Waals surface area (Å²) in [5.74, 6) is 0. The van der Waals surface area contributed by atoms with Crippen molar-refractivity contribution in [3.63, 3.8) is 0 Å². The highest BCUT2D eigenvalue weighted by Crippen LogP contribution is 2.61. The topological polar surface area (TPSA) is 9.72 Å². The van der Waals surface area contributed by atoms with Crippen LogP contribution in [0.1, 0.15) is 45.1 Å². The molecule has 0 spiro atoms. The minimum atomic E-state index is 0.0216. The summed E-state index contributed by atoms with van der Waals surface area (Å²) < 4.78 is 0. The number of anilines is 8. The van der Waals surface area contributed by atoms with Crippen molar-refractivity contribution in [3.05, 3.63) is 175 Å². The van der Waals surface area contributed by atoms with Crippen molar-refractivity contribution in [2.75, 3.05) is 14.7 Å². The Morgan fingerprint density at radius 1 is 0.556 bits per heavy atom.